The van der Waals surface area contributed by atoms with Crippen LogP contribution in [0.3, 0.4) is 0 Å². The van der Waals surface area contributed by atoms with Crippen molar-refractivity contribution in [3.05, 3.63) is 35.3 Å². The van der Waals surface area contributed by atoms with Crippen LogP contribution in [0.1, 0.15) is 17.0 Å². The van der Waals surface area contributed by atoms with Gasteiger partial charge in [-0.15, -0.1) is 0 Å². The Kier molecular flexibility index (Phi) is 3.67. The molecule has 2 N–H and O–H groups in total. The van der Waals surface area contributed by atoms with Crippen LogP contribution in [-0.2, 0) is 6.54 Å². The molecule has 0 atom stereocenters. The summed E-state index contributed by atoms with van der Waals surface area (Å²) in [5, 5.41) is 3.08. The smallest absolute Gasteiger partial charge is 0.131 e. The zero-order valence-electron chi connectivity index (χ0n) is 11.3. The highest BCUT2D eigenvalue weighted by Crippen LogP contribution is 2.32. The summed E-state index contributed by atoms with van der Waals surface area (Å²) >= 11 is 0. The van der Waals surface area contributed by atoms with Gasteiger partial charge in [-0.2, -0.15) is 0 Å². The molecule has 1 aromatic carbocycles. The van der Waals surface area contributed by atoms with Gasteiger partial charge in [0.15, 0.2) is 0 Å². The lowest BCUT2D eigenvalue weighted by molar-refractivity contribution is 0.413. The number of aromatic amines is 1. The molecule has 0 fully saturated rings. The summed E-state index contributed by atoms with van der Waals surface area (Å²) in [5.74, 6) is 1.83. The van der Waals surface area contributed by atoms with Gasteiger partial charge in [-0.05, 0) is 38.1 Å². The average Bonchev–Trinajstić information content (AvgIpc) is 2.77. The first-order chi connectivity index (χ1) is 8.65. The number of benzene rings is 1. The number of H-pyrrole nitrogens is 1. The first-order valence-electron chi connectivity index (χ1n) is 5.99. The number of rotatable bonds is 4. The molecule has 2 aromatic rings. The van der Waals surface area contributed by atoms with E-state index in [1.807, 2.05) is 13.2 Å². The zero-order chi connectivity index (χ0) is 13.1. The summed E-state index contributed by atoms with van der Waals surface area (Å²) in [6.45, 7) is 4.87. The van der Waals surface area contributed by atoms with Crippen LogP contribution >= 0.6 is 0 Å². The second-order valence-electron chi connectivity index (χ2n) is 4.44. The molecule has 0 aliphatic heterocycles. The molecule has 0 unspecified atom stereocenters. The molecule has 0 saturated heterocycles. The van der Waals surface area contributed by atoms with Crippen LogP contribution < -0.4 is 10.1 Å². The first-order valence-corrected chi connectivity index (χ1v) is 5.99. The maximum Gasteiger partial charge on any atom is 0.131 e. The van der Waals surface area contributed by atoms with Crippen LogP contribution in [0.15, 0.2) is 18.3 Å². The van der Waals surface area contributed by atoms with E-state index >= 15 is 0 Å². The molecule has 0 bridgehead atoms. The van der Waals surface area contributed by atoms with Crippen LogP contribution in [0.25, 0.3) is 11.3 Å². The standard InChI is InChI=1S/C14H19N3O/c1-9-5-10(2)14(18-4)11(6-9)12-7-16-13(17-12)8-15-3/h5-7,15H,8H2,1-4H3,(H,16,17). The van der Waals surface area contributed by atoms with Crippen LogP contribution in [0.5, 0.6) is 5.75 Å². The lowest BCUT2D eigenvalue weighted by Gasteiger charge is -2.11. The quantitative estimate of drug-likeness (QED) is 0.869. The predicted octanol–water partition coefficient (Wildman–Crippen LogP) is 2.42. The highest BCUT2D eigenvalue weighted by Gasteiger charge is 2.11. The number of hydrogen-bond donors (Lipinski definition) is 2. The highest BCUT2D eigenvalue weighted by molar-refractivity contribution is 5.69. The van der Waals surface area contributed by atoms with Gasteiger partial charge in [-0.25, -0.2) is 4.98 Å². The Morgan fingerprint density at radius 1 is 1.33 bits per heavy atom. The van der Waals surface area contributed by atoms with E-state index in [1.54, 1.807) is 7.11 Å². The largest absolute Gasteiger partial charge is 0.496 e. The fraction of sp³-hybridized carbons (Fsp3) is 0.357. The zero-order valence-corrected chi connectivity index (χ0v) is 11.3. The molecular weight excluding hydrogens is 226 g/mol. The topological polar surface area (TPSA) is 49.9 Å². The number of methoxy groups -OCH3 is 1. The van der Waals surface area contributed by atoms with Gasteiger partial charge in [0.1, 0.15) is 11.6 Å². The van der Waals surface area contributed by atoms with E-state index in [9.17, 15) is 0 Å². The number of imidazole rings is 1. The molecule has 4 heteroatoms. The lowest BCUT2D eigenvalue weighted by Crippen LogP contribution is -2.06. The van der Waals surface area contributed by atoms with E-state index in [1.165, 1.54) is 5.56 Å². The average molecular weight is 245 g/mol. The van der Waals surface area contributed by atoms with Gasteiger partial charge in [-0.3, -0.25) is 0 Å². The SMILES string of the molecule is CNCc1ncc(-c2cc(C)cc(C)c2OC)[nH]1. The molecule has 1 heterocycles. The third kappa shape index (κ3) is 2.38. The fourth-order valence-corrected chi connectivity index (χ4v) is 2.18. The lowest BCUT2D eigenvalue weighted by atomic mass is 10.0. The van der Waals surface area contributed by atoms with Crippen molar-refractivity contribution in [2.45, 2.75) is 20.4 Å². The van der Waals surface area contributed by atoms with Gasteiger partial charge in [0, 0.05) is 5.56 Å². The van der Waals surface area contributed by atoms with Crippen molar-refractivity contribution in [2.75, 3.05) is 14.2 Å². The molecule has 0 aliphatic rings. The molecular formula is C14H19N3O. The van der Waals surface area contributed by atoms with E-state index in [0.29, 0.717) is 0 Å². The second-order valence-corrected chi connectivity index (χ2v) is 4.44. The number of ether oxygens (including phenoxy) is 1. The molecule has 0 radical (unpaired) electrons. The maximum atomic E-state index is 5.49. The van der Waals surface area contributed by atoms with Crippen molar-refractivity contribution in [1.82, 2.24) is 15.3 Å². The first kappa shape index (κ1) is 12.6. The summed E-state index contributed by atoms with van der Waals surface area (Å²) in [5.41, 5.74) is 4.40. The number of aryl methyl sites for hydroxylation is 2. The molecule has 0 aliphatic carbocycles. The van der Waals surface area contributed by atoms with Gasteiger partial charge < -0.3 is 15.0 Å². The second kappa shape index (κ2) is 5.23. The van der Waals surface area contributed by atoms with Crippen molar-refractivity contribution in [2.24, 2.45) is 0 Å². The van der Waals surface area contributed by atoms with E-state index in [4.69, 9.17) is 4.74 Å². The highest BCUT2D eigenvalue weighted by atomic mass is 16.5. The van der Waals surface area contributed by atoms with Crippen molar-refractivity contribution < 1.29 is 4.74 Å². The number of nitrogens with zero attached hydrogens (tertiary/aromatic N) is 1. The minimum atomic E-state index is 0.729. The van der Waals surface area contributed by atoms with Gasteiger partial charge in [-0.1, -0.05) is 6.07 Å². The predicted molar refractivity (Wildman–Crippen MR) is 72.8 cm³/mol. The normalized spacial score (nSPS) is 10.7. The van der Waals surface area contributed by atoms with Crippen LogP contribution in [0, 0.1) is 13.8 Å². The number of nitrogens with one attached hydrogen (secondary N) is 2. The fourth-order valence-electron chi connectivity index (χ4n) is 2.18. The van der Waals surface area contributed by atoms with Gasteiger partial charge in [0.25, 0.3) is 0 Å². The minimum absolute atomic E-state index is 0.729. The van der Waals surface area contributed by atoms with E-state index < -0.39 is 0 Å². The summed E-state index contributed by atoms with van der Waals surface area (Å²) in [6.07, 6.45) is 1.85. The number of aromatic nitrogens is 2. The van der Waals surface area contributed by atoms with Gasteiger partial charge in [0.2, 0.25) is 0 Å². The Labute approximate surface area is 107 Å². The summed E-state index contributed by atoms with van der Waals surface area (Å²) in [4.78, 5) is 7.65. The minimum Gasteiger partial charge on any atom is -0.496 e. The van der Waals surface area contributed by atoms with Crippen molar-refractivity contribution >= 4 is 0 Å². The summed E-state index contributed by atoms with van der Waals surface area (Å²) in [6, 6.07) is 4.23. The van der Waals surface area contributed by atoms with E-state index in [-0.39, 0.29) is 0 Å². The summed E-state index contributed by atoms with van der Waals surface area (Å²) in [7, 11) is 3.60. The molecule has 2 rings (SSSR count). The monoisotopic (exact) mass is 245 g/mol. The van der Waals surface area contributed by atoms with Crippen LogP contribution in [0.4, 0.5) is 0 Å². The Hall–Kier alpha value is -1.81. The molecule has 96 valence electrons. The molecule has 4 nitrogen and oxygen atoms in total. The molecule has 0 amide bonds. The Morgan fingerprint density at radius 3 is 2.78 bits per heavy atom. The maximum absolute atomic E-state index is 5.49. The van der Waals surface area contributed by atoms with Gasteiger partial charge >= 0.3 is 0 Å². The number of hydrogen-bond acceptors (Lipinski definition) is 3. The van der Waals surface area contributed by atoms with E-state index in [2.05, 4.69) is 41.3 Å². The van der Waals surface area contributed by atoms with Gasteiger partial charge in [0.05, 0.1) is 25.5 Å². The van der Waals surface area contributed by atoms with Crippen molar-refractivity contribution in [3.63, 3.8) is 0 Å². The molecule has 0 saturated carbocycles. The van der Waals surface area contributed by atoms with Crippen molar-refractivity contribution in [1.29, 1.82) is 0 Å². The summed E-state index contributed by atoms with van der Waals surface area (Å²) < 4.78 is 5.49. The third-order valence-corrected chi connectivity index (χ3v) is 2.89. The molecule has 0 spiro atoms. The Morgan fingerprint density at radius 2 is 2.11 bits per heavy atom. The van der Waals surface area contributed by atoms with Crippen LogP contribution in [0.2, 0.25) is 0 Å². The van der Waals surface area contributed by atoms with Crippen molar-refractivity contribution in [3.8, 4) is 17.0 Å². The Balaban J connectivity index is 2.48. The van der Waals surface area contributed by atoms with E-state index in [0.717, 1.165) is 34.9 Å². The Bertz CT molecular complexity index is 546. The van der Waals surface area contributed by atoms with Crippen LogP contribution in [-0.4, -0.2) is 24.1 Å². The third-order valence-electron chi connectivity index (χ3n) is 2.89. The molecule has 1 aromatic heterocycles. The molecule has 18 heavy (non-hydrogen) atoms.